The van der Waals surface area contributed by atoms with Crippen LogP contribution in [-0.4, -0.2) is 62.2 Å². The van der Waals surface area contributed by atoms with E-state index in [2.05, 4.69) is 25.4 Å². The van der Waals surface area contributed by atoms with Crippen LogP contribution in [0, 0.1) is 13.8 Å². The minimum Gasteiger partial charge on any atom is -0.336 e. The summed E-state index contributed by atoms with van der Waals surface area (Å²) in [5.41, 5.74) is 1.73. The van der Waals surface area contributed by atoms with E-state index in [9.17, 15) is 4.79 Å². The second-order valence-corrected chi connectivity index (χ2v) is 7.36. The Bertz CT molecular complexity index is 912. The molecule has 0 N–H and O–H groups in total. The summed E-state index contributed by atoms with van der Waals surface area (Å²) in [6.45, 7) is 6.47. The minimum atomic E-state index is 0.0652. The number of rotatable bonds is 3. The van der Waals surface area contributed by atoms with E-state index < -0.39 is 0 Å². The highest BCUT2D eigenvalue weighted by atomic mass is 32.1. The Hall–Kier alpha value is -2.81. The van der Waals surface area contributed by atoms with Crippen LogP contribution in [0.1, 0.15) is 20.4 Å². The molecule has 9 heteroatoms. The van der Waals surface area contributed by atoms with Crippen molar-refractivity contribution < 1.29 is 4.79 Å². The lowest BCUT2D eigenvalue weighted by atomic mass is 10.3. The molecular weight excluding hydrogens is 350 g/mol. The summed E-state index contributed by atoms with van der Waals surface area (Å²) in [5, 5.41) is 13.0. The molecule has 1 aliphatic heterocycles. The third kappa shape index (κ3) is 3.05. The summed E-state index contributed by atoms with van der Waals surface area (Å²) in [5.74, 6) is 0.767. The number of amides is 1. The number of benzene rings is 1. The van der Waals surface area contributed by atoms with Crippen LogP contribution in [0.25, 0.3) is 5.69 Å². The van der Waals surface area contributed by atoms with Gasteiger partial charge in [0.2, 0.25) is 5.95 Å². The van der Waals surface area contributed by atoms with Crippen LogP contribution < -0.4 is 4.90 Å². The zero-order valence-corrected chi connectivity index (χ0v) is 15.5. The van der Waals surface area contributed by atoms with E-state index in [0.717, 1.165) is 21.3 Å². The Morgan fingerprint density at radius 3 is 2.46 bits per heavy atom. The standard InChI is InChI=1S/C17H19N7OS/c1-12-15(26-13(2)18-12)16(25)22-8-10-23(11-9-22)17-19-20-21-24(17)14-6-4-3-5-7-14/h3-7H,8-11H2,1-2H3. The smallest absolute Gasteiger partial charge is 0.265 e. The second kappa shape index (κ2) is 6.83. The number of anilines is 1. The molecule has 1 aliphatic rings. The molecule has 3 heterocycles. The maximum absolute atomic E-state index is 12.7. The number of thiazole rings is 1. The molecule has 1 saturated heterocycles. The Kier molecular flexibility index (Phi) is 4.37. The fraction of sp³-hybridized carbons (Fsp3) is 0.353. The first-order chi connectivity index (χ1) is 12.6. The first kappa shape index (κ1) is 16.6. The molecule has 0 radical (unpaired) electrons. The van der Waals surface area contributed by atoms with E-state index in [4.69, 9.17) is 0 Å². The summed E-state index contributed by atoms with van der Waals surface area (Å²) in [6.07, 6.45) is 0. The van der Waals surface area contributed by atoms with Crippen molar-refractivity contribution >= 4 is 23.2 Å². The van der Waals surface area contributed by atoms with Gasteiger partial charge in [-0.1, -0.05) is 23.3 Å². The van der Waals surface area contributed by atoms with E-state index in [1.807, 2.05) is 49.1 Å². The van der Waals surface area contributed by atoms with Gasteiger partial charge in [0.15, 0.2) is 0 Å². The predicted molar refractivity (Wildman–Crippen MR) is 98.9 cm³/mol. The molecule has 1 aromatic carbocycles. The predicted octanol–water partition coefficient (Wildman–Crippen LogP) is 1.70. The lowest BCUT2D eigenvalue weighted by Gasteiger charge is -2.34. The number of para-hydroxylation sites is 1. The Balaban J connectivity index is 1.47. The highest BCUT2D eigenvalue weighted by Crippen LogP contribution is 2.21. The van der Waals surface area contributed by atoms with Gasteiger partial charge in [0, 0.05) is 26.2 Å². The number of tetrazole rings is 1. The molecule has 26 heavy (non-hydrogen) atoms. The van der Waals surface area contributed by atoms with Gasteiger partial charge < -0.3 is 9.80 Å². The van der Waals surface area contributed by atoms with Crippen molar-refractivity contribution in [2.45, 2.75) is 13.8 Å². The molecule has 2 aromatic heterocycles. The molecular formula is C17H19N7OS. The van der Waals surface area contributed by atoms with Gasteiger partial charge in [0.05, 0.1) is 16.4 Å². The molecule has 1 fully saturated rings. The molecule has 8 nitrogen and oxygen atoms in total. The van der Waals surface area contributed by atoms with Gasteiger partial charge in [0.1, 0.15) is 4.88 Å². The van der Waals surface area contributed by atoms with Crippen LogP contribution >= 0.6 is 11.3 Å². The average Bonchev–Trinajstić information content (AvgIpc) is 3.28. The summed E-state index contributed by atoms with van der Waals surface area (Å²) < 4.78 is 1.73. The molecule has 134 valence electrons. The first-order valence-corrected chi connectivity index (χ1v) is 9.27. The highest BCUT2D eigenvalue weighted by molar-refractivity contribution is 7.13. The maximum Gasteiger partial charge on any atom is 0.265 e. The van der Waals surface area contributed by atoms with E-state index in [-0.39, 0.29) is 5.91 Å². The number of carbonyl (C=O) groups is 1. The normalized spacial score (nSPS) is 14.7. The molecule has 0 bridgehead atoms. The maximum atomic E-state index is 12.7. The van der Waals surface area contributed by atoms with Crippen molar-refractivity contribution in [1.82, 2.24) is 30.1 Å². The number of hydrogen-bond donors (Lipinski definition) is 0. The third-order valence-corrected chi connectivity index (χ3v) is 5.46. The summed E-state index contributed by atoms with van der Waals surface area (Å²) in [4.78, 5) is 21.8. The first-order valence-electron chi connectivity index (χ1n) is 8.45. The topological polar surface area (TPSA) is 80.0 Å². The Morgan fingerprint density at radius 2 is 1.81 bits per heavy atom. The average molecular weight is 369 g/mol. The van der Waals surface area contributed by atoms with Gasteiger partial charge in [-0.05, 0) is 36.4 Å². The van der Waals surface area contributed by atoms with Crippen LogP contribution in [0.4, 0.5) is 5.95 Å². The van der Waals surface area contributed by atoms with Gasteiger partial charge in [-0.25, -0.2) is 4.98 Å². The zero-order valence-electron chi connectivity index (χ0n) is 14.7. The van der Waals surface area contributed by atoms with Crippen LogP contribution in [0.15, 0.2) is 30.3 Å². The fourth-order valence-electron chi connectivity index (χ4n) is 3.10. The van der Waals surface area contributed by atoms with Gasteiger partial charge in [-0.15, -0.1) is 11.3 Å². The largest absolute Gasteiger partial charge is 0.336 e. The molecule has 0 spiro atoms. The number of hydrogen-bond acceptors (Lipinski definition) is 7. The Morgan fingerprint density at radius 1 is 1.08 bits per heavy atom. The number of aryl methyl sites for hydroxylation is 2. The van der Waals surface area contributed by atoms with E-state index >= 15 is 0 Å². The zero-order chi connectivity index (χ0) is 18.1. The molecule has 0 saturated carbocycles. The molecule has 3 aromatic rings. The molecule has 0 atom stereocenters. The van der Waals surface area contributed by atoms with Gasteiger partial charge in [-0.2, -0.15) is 4.68 Å². The van der Waals surface area contributed by atoms with Crippen molar-refractivity contribution in [3.8, 4) is 5.69 Å². The van der Waals surface area contributed by atoms with Gasteiger partial charge in [-0.3, -0.25) is 4.79 Å². The van der Waals surface area contributed by atoms with Crippen molar-refractivity contribution in [1.29, 1.82) is 0 Å². The van der Waals surface area contributed by atoms with Crippen molar-refractivity contribution in [3.05, 3.63) is 45.9 Å². The lowest BCUT2D eigenvalue weighted by Crippen LogP contribution is -2.49. The third-order valence-electron chi connectivity index (χ3n) is 4.40. The van der Waals surface area contributed by atoms with Gasteiger partial charge >= 0.3 is 0 Å². The Labute approximate surface area is 155 Å². The van der Waals surface area contributed by atoms with Crippen LogP contribution in [0.3, 0.4) is 0 Å². The fourth-order valence-corrected chi connectivity index (χ4v) is 3.99. The summed E-state index contributed by atoms with van der Waals surface area (Å²) >= 11 is 1.46. The molecule has 0 unspecified atom stereocenters. The van der Waals surface area contributed by atoms with Crippen molar-refractivity contribution in [2.75, 3.05) is 31.1 Å². The number of piperazine rings is 1. The number of carbonyl (C=O) groups excluding carboxylic acids is 1. The summed E-state index contributed by atoms with van der Waals surface area (Å²) in [6, 6.07) is 9.80. The van der Waals surface area contributed by atoms with Gasteiger partial charge in [0.25, 0.3) is 5.91 Å². The lowest BCUT2D eigenvalue weighted by molar-refractivity contribution is 0.0750. The molecule has 4 rings (SSSR count). The molecule has 1 amide bonds. The molecule has 0 aliphatic carbocycles. The minimum absolute atomic E-state index is 0.0652. The number of aromatic nitrogens is 5. The van der Waals surface area contributed by atoms with Crippen LogP contribution in [0.2, 0.25) is 0 Å². The SMILES string of the molecule is Cc1nc(C)c(C(=O)N2CCN(c3nnnn3-c3ccccc3)CC2)s1. The van der Waals surface area contributed by atoms with Crippen LogP contribution in [-0.2, 0) is 0 Å². The van der Waals surface area contributed by atoms with E-state index in [1.165, 1.54) is 11.3 Å². The second-order valence-electron chi connectivity index (χ2n) is 6.15. The van der Waals surface area contributed by atoms with Crippen molar-refractivity contribution in [2.24, 2.45) is 0 Å². The van der Waals surface area contributed by atoms with E-state index in [1.54, 1.807) is 4.68 Å². The highest BCUT2D eigenvalue weighted by Gasteiger charge is 2.27. The monoisotopic (exact) mass is 369 g/mol. The quantitative estimate of drug-likeness (QED) is 0.699. The van der Waals surface area contributed by atoms with Crippen LogP contribution in [0.5, 0.6) is 0 Å². The summed E-state index contributed by atoms with van der Waals surface area (Å²) in [7, 11) is 0. The van der Waals surface area contributed by atoms with E-state index in [0.29, 0.717) is 32.1 Å². The number of nitrogens with zero attached hydrogens (tertiary/aromatic N) is 7. The van der Waals surface area contributed by atoms with Crippen molar-refractivity contribution in [3.63, 3.8) is 0 Å².